The number of benzene rings is 2. The van der Waals surface area contributed by atoms with Gasteiger partial charge in [0.25, 0.3) is 0 Å². The van der Waals surface area contributed by atoms with Crippen molar-refractivity contribution in [2.45, 2.75) is 6.55 Å². The Morgan fingerprint density at radius 1 is 1.15 bits per heavy atom. The molecule has 0 fully saturated rings. The SMILES string of the molecule is COc1ccc2c(-c3ccnc(Nc4cc([N+](=O)[O-])c(F)cc4OC)n3)cn(C(F)F)c2c1. The standard InChI is InChI=1S/C21H16F3N5O4/c1-32-11-3-4-12-13(10-28(20(23)24)17(12)7-11)15-5-6-25-21(26-15)27-16-9-18(29(30)31)14(22)8-19(16)33-2/h3-10,20H,1-2H3,(H,25,26,27). The molecule has 9 nitrogen and oxygen atoms in total. The highest BCUT2D eigenvalue weighted by Gasteiger charge is 2.21. The molecule has 0 atom stereocenters. The Morgan fingerprint density at radius 2 is 1.94 bits per heavy atom. The summed E-state index contributed by atoms with van der Waals surface area (Å²) in [6.07, 6.45) is 2.66. The number of hydrogen-bond acceptors (Lipinski definition) is 7. The Balaban J connectivity index is 1.78. The molecular weight excluding hydrogens is 443 g/mol. The van der Waals surface area contributed by atoms with E-state index < -0.39 is 23.0 Å². The van der Waals surface area contributed by atoms with Crippen LogP contribution in [0.3, 0.4) is 0 Å². The van der Waals surface area contributed by atoms with Gasteiger partial charge < -0.3 is 14.8 Å². The first kappa shape index (κ1) is 21.9. The Labute approximate surface area is 184 Å². The summed E-state index contributed by atoms with van der Waals surface area (Å²) in [5.74, 6) is -0.650. The number of hydrogen-bond donors (Lipinski definition) is 1. The smallest absolute Gasteiger partial charge is 0.319 e. The Kier molecular flexibility index (Phi) is 5.73. The molecule has 0 amide bonds. The van der Waals surface area contributed by atoms with Crippen molar-refractivity contribution in [1.29, 1.82) is 0 Å². The fourth-order valence-corrected chi connectivity index (χ4v) is 3.36. The van der Waals surface area contributed by atoms with Gasteiger partial charge in [0.2, 0.25) is 11.8 Å². The summed E-state index contributed by atoms with van der Waals surface area (Å²) in [6, 6.07) is 8.14. The fraction of sp³-hybridized carbons (Fsp3) is 0.143. The first-order chi connectivity index (χ1) is 15.8. The van der Waals surface area contributed by atoms with E-state index in [0.29, 0.717) is 22.4 Å². The predicted molar refractivity (Wildman–Crippen MR) is 114 cm³/mol. The minimum absolute atomic E-state index is 0.00170. The topological polar surface area (TPSA) is 104 Å². The van der Waals surface area contributed by atoms with Crippen molar-refractivity contribution in [3.05, 3.63) is 64.7 Å². The van der Waals surface area contributed by atoms with Gasteiger partial charge in [0, 0.05) is 41.5 Å². The summed E-state index contributed by atoms with van der Waals surface area (Å²) < 4.78 is 52.2. The molecular formula is C21H16F3N5O4. The molecule has 0 unspecified atom stereocenters. The third-order valence-corrected chi connectivity index (χ3v) is 4.90. The maximum Gasteiger partial charge on any atom is 0.319 e. The first-order valence-corrected chi connectivity index (χ1v) is 9.41. The van der Waals surface area contributed by atoms with Gasteiger partial charge in [0.15, 0.2) is 0 Å². The summed E-state index contributed by atoms with van der Waals surface area (Å²) in [5.41, 5.74) is 0.280. The number of halogens is 3. The summed E-state index contributed by atoms with van der Waals surface area (Å²) in [4.78, 5) is 18.6. The van der Waals surface area contributed by atoms with E-state index in [-0.39, 0.29) is 22.9 Å². The zero-order valence-corrected chi connectivity index (χ0v) is 17.3. The van der Waals surface area contributed by atoms with E-state index in [4.69, 9.17) is 9.47 Å². The molecule has 4 rings (SSSR count). The van der Waals surface area contributed by atoms with Crippen LogP contribution in [0, 0.1) is 15.9 Å². The lowest BCUT2D eigenvalue weighted by molar-refractivity contribution is -0.387. The molecule has 0 aliphatic carbocycles. The Bertz CT molecular complexity index is 1360. The average molecular weight is 459 g/mol. The lowest BCUT2D eigenvalue weighted by Gasteiger charge is -2.11. The molecule has 0 aliphatic heterocycles. The number of nitrogens with zero attached hydrogens (tertiary/aromatic N) is 4. The highest BCUT2D eigenvalue weighted by molar-refractivity contribution is 5.96. The lowest BCUT2D eigenvalue weighted by atomic mass is 10.1. The molecule has 0 saturated carbocycles. The first-order valence-electron chi connectivity index (χ1n) is 9.41. The second-order valence-electron chi connectivity index (χ2n) is 6.76. The van der Waals surface area contributed by atoms with Crippen LogP contribution in [0.1, 0.15) is 6.55 Å². The van der Waals surface area contributed by atoms with Crippen LogP contribution >= 0.6 is 0 Å². The van der Waals surface area contributed by atoms with Crippen LogP contribution in [-0.4, -0.2) is 33.7 Å². The monoisotopic (exact) mass is 459 g/mol. The van der Waals surface area contributed by atoms with Gasteiger partial charge in [-0.05, 0) is 18.2 Å². The molecule has 33 heavy (non-hydrogen) atoms. The minimum atomic E-state index is -2.79. The molecule has 0 bridgehead atoms. The lowest BCUT2D eigenvalue weighted by Crippen LogP contribution is -2.02. The van der Waals surface area contributed by atoms with Crippen LogP contribution in [0.25, 0.3) is 22.2 Å². The van der Waals surface area contributed by atoms with E-state index in [1.165, 1.54) is 38.7 Å². The van der Waals surface area contributed by atoms with Gasteiger partial charge in [-0.15, -0.1) is 0 Å². The number of rotatable bonds is 7. The van der Waals surface area contributed by atoms with Crippen molar-refractivity contribution in [2.24, 2.45) is 0 Å². The normalized spacial score (nSPS) is 11.1. The van der Waals surface area contributed by atoms with Gasteiger partial charge in [0.05, 0.1) is 36.0 Å². The van der Waals surface area contributed by atoms with Crippen LogP contribution in [-0.2, 0) is 0 Å². The molecule has 12 heteroatoms. The van der Waals surface area contributed by atoms with Gasteiger partial charge in [-0.25, -0.2) is 9.97 Å². The number of nitro benzene ring substituents is 1. The van der Waals surface area contributed by atoms with Crippen molar-refractivity contribution in [3.63, 3.8) is 0 Å². The van der Waals surface area contributed by atoms with Crippen molar-refractivity contribution >= 4 is 28.2 Å². The molecule has 0 aliphatic rings. The maximum atomic E-state index is 13.9. The van der Waals surface area contributed by atoms with Crippen LogP contribution in [0.15, 0.2) is 48.8 Å². The van der Waals surface area contributed by atoms with Crippen molar-refractivity contribution < 1.29 is 27.6 Å². The summed E-state index contributed by atoms with van der Waals surface area (Å²) >= 11 is 0. The summed E-state index contributed by atoms with van der Waals surface area (Å²) in [7, 11) is 2.71. The van der Waals surface area contributed by atoms with Crippen LogP contribution in [0.4, 0.5) is 30.5 Å². The van der Waals surface area contributed by atoms with Crippen molar-refractivity contribution in [3.8, 4) is 22.8 Å². The van der Waals surface area contributed by atoms with E-state index in [2.05, 4.69) is 15.3 Å². The number of ether oxygens (including phenoxy) is 2. The number of nitrogens with one attached hydrogen (secondary N) is 1. The van der Waals surface area contributed by atoms with E-state index in [1.807, 2.05) is 0 Å². The zero-order valence-electron chi connectivity index (χ0n) is 17.3. The molecule has 4 aromatic rings. The zero-order chi connectivity index (χ0) is 23.7. The van der Waals surface area contributed by atoms with E-state index in [9.17, 15) is 23.3 Å². The Morgan fingerprint density at radius 3 is 2.61 bits per heavy atom. The van der Waals surface area contributed by atoms with Gasteiger partial charge >= 0.3 is 12.2 Å². The molecule has 2 aromatic carbocycles. The van der Waals surface area contributed by atoms with Gasteiger partial charge in [-0.3, -0.25) is 14.7 Å². The largest absolute Gasteiger partial charge is 0.497 e. The van der Waals surface area contributed by atoms with Crippen LogP contribution in [0.5, 0.6) is 11.5 Å². The molecule has 0 saturated heterocycles. The van der Waals surface area contributed by atoms with E-state index >= 15 is 0 Å². The maximum absolute atomic E-state index is 13.9. The number of methoxy groups -OCH3 is 2. The van der Waals surface area contributed by atoms with Crippen molar-refractivity contribution in [1.82, 2.24) is 14.5 Å². The van der Waals surface area contributed by atoms with Gasteiger partial charge in [-0.1, -0.05) is 0 Å². The quantitative estimate of drug-likeness (QED) is 0.295. The minimum Gasteiger partial charge on any atom is -0.497 e. The highest BCUT2D eigenvalue weighted by Crippen LogP contribution is 2.36. The Hall–Kier alpha value is -4.35. The number of fused-ring (bicyclic) bond motifs is 1. The third kappa shape index (κ3) is 4.10. The van der Waals surface area contributed by atoms with Crippen molar-refractivity contribution in [2.75, 3.05) is 19.5 Å². The molecule has 2 heterocycles. The van der Waals surface area contributed by atoms with E-state index in [1.54, 1.807) is 12.1 Å². The summed E-state index contributed by atoms with van der Waals surface area (Å²) in [6.45, 7) is -2.79. The highest BCUT2D eigenvalue weighted by atomic mass is 19.3. The number of aromatic nitrogens is 3. The number of anilines is 2. The molecule has 1 N–H and O–H groups in total. The number of alkyl halides is 2. The van der Waals surface area contributed by atoms with Gasteiger partial charge in [0.1, 0.15) is 11.5 Å². The van der Waals surface area contributed by atoms with Crippen LogP contribution < -0.4 is 14.8 Å². The predicted octanol–water partition coefficient (Wildman–Crippen LogP) is 5.30. The second-order valence-corrected chi connectivity index (χ2v) is 6.76. The molecule has 0 radical (unpaired) electrons. The second kappa shape index (κ2) is 8.65. The number of nitro groups is 1. The van der Waals surface area contributed by atoms with E-state index in [0.717, 1.165) is 16.7 Å². The molecule has 0 spiro atoms. The average Bonchev–Trinajstić information content (AvgIpc) is 3.19. The van der Waals surface area contributed by atoms with Crippen LogP contribution in [0.2, 0.25) is 0 Å². The fourth-order valence-electron chi connectivity index (χ4n) is 3.36. The summed E-state index contributed by atoms with van der Waals surface area (Å²) in [5, 5.41) is 14.4. The molecule has 2 aromatic heterocycles. The third-order valence-electron chi connectivity index (χ3n) is 4.90. The molecule has 170 valence electrons. The van der Waals surface area contributed by atoms with Gasteiger partial charge in [-0.2, -0.15) is 13.2 Å².